The molecule has 0 N–H and O–H groups in total. The van der Waals surface area contributed by atoms with Gasteiger partial charge in [-0.2, -0.15) is 0 Å². The van der Waals surface area contributed by atoms with E-state index in [2.05, 4.69) is 32.3 Å². The van der Waals surface area contributed by atoms with Gasteiger partial charge in [0.05, 0.1) is 13.1 Å². The minimum atomic E-state index is -0.371. The minimum absolute atomic E-state index is 0.371. The lowest BCUT2D eigenvalue weighted by Crippen LogP contribution is -2.63. The van der Waals surface area contributed by atoms with E-state index in [1.807, 2.05) is 0 Å². The van der Waals surface area contributed by atoms with Crippen molar-refractivity contribution in [3.05, 3.63) is 20.8 Å². The first-order valence-corrected chi connectivity index (χ1v) is 6.41. The van der Waals surface area contributed by atoms with Crippen LogP contribution in [0.1, 0.15) is 4.88 Å². The Morgan fingerprint density at radius 1 is 1.47 bits per heavy atom. The summed E-state index contributed by atoms with van der Waals surface area (Å²) in [5.74, 6) is -0.371. The van der Waals surface area contributed by atoms with Crippen LogP contribution in [0.15, 0.2) is 15.9 Å². The number of thiophene rings is 1. The molecule has 2 heterocycles. The van der Waals surface area contributed by atoms with Crippen LogP contribution in [0.5, 0.6) is 0 Å². The average Bonchev–Trinajstić information content (AvgIpc) is 2.57. The molecule has 0 aromatic carbocycles. The van der Waals surface area contributed by atoms with Crippen LogP contribution in [0.25, 0.3) is 0 Å². The first kappa shape index (κ1) is 11.5. The Balaban J connectivity index is 1.88. The molecule has 1 aromatic rings. The maximum atomic E-state index is 5.33. The predicted octanol–water partition coefficient (Wildman–Crippen LogP) is 2.32. The third kappa shape index (κ3) is 2.26. The Bertz CT molecular complexity index is 330. The fourth-order valence-corrected chi connectivity index (χ4v) is 3.25. The lowest BCUT2D eigenvalue weighted by molar-refractivity contribution is -0.277. The molecule has 2 rings (SSSR count). The summed E-state index contributed by atoms with van der Waals surface area (Å²) in [7, 11) is 3.39. The maximum absolute atomic E-state index is 5.33. The van der Waals surface area contributed by atoms with Crippen molar-refractivity contribution in [2.45, 2.75) is 12.3 Å². The standard InChI is InChI=1S/C10H14BrNO2S/c1-13-10(14-2)6-12(7-10)5-9-8(11)3-4-15-9/h3-4H,5-7H2,1-2H3. The van der Waals surface area contributed by atoms with Gasteiger partial charge in [-0.05, 0) is 27.4 Å². The SMILES string of the molecule is COC1(OC)CN(Cc2sccc2Br)C1. The number of nitrogens with zero attached hydrogens (tertiary/aromatic N) is 1. The highest BCUT2D eigenvalue weighted by molar-refractivity contribution is 9.10. The fourth-order valence-electron chi connectivity index (χ4n) is 1.73. The zero-order chi connectivity index (χ0) is 10.9. The van der Waals surface area contributed by atoms with E-state index in [1.165, 1.54) is 9.35 Å². The summed E-state index contributed by atoms with van der Waals surface area (Å²) in [4.78, 5) is 3.67. The number of methoxy groups -OCH3 is 2. The number of ether oxygens (including phenoxy) is 2. The number of hydrogen-bond acceptors (Lipinski definition) is 4. The molecule has 1 aliphatic rings. The van der Waals surface area contributed by atoms with Crippen molar-refractivity contribution in [3.8, 4) is 0 Å². The minimum Gasteiger partial charge on any atom is -0.351 e. The van der Waals surface area contributed by atoms with Crippen molar-refractivity contribution >= 4 is 27.3 Å². The summed E-state index contributed by atoms with van der Waals surface area (Å²) in [5, 5.41) is 2.10. The number of rotatable bonds is 4. The van der Waals surface area contributed by atoms with Crippen molar-refractivity contribution < 1.29 is 9.47 Å². The van der Waals surface area contributed by atoms with Gasteiger partial charge in [-0.15, -0.1) is 11.3 Å². The molecule has 0 amide bonds. The normalized spacial score (nSPS) is 20.2. The third-order valence-corrected chi connectivity index (χ3v) is 4.64. The summed E-state index contributed by atoms with van der Waals surface area (Å²) in [5.41, 5.74) is 0. The van der Waals surface area contributed by atoms with E-state index in [1.54, 1.807) is 25.6 Å². The highest BCUT2D eigenvalue weighted by Crippen LogP contribution is 2.30. The summed E-state index contributed by atoms with van der Waals surface area (Å²) in [6.07, 6.45) is 0. The van der Waals surface area contributed by atoms with E-state index in [0.29, 0.717) is 0 Å². The molecule has 0 saturated carbocycles. The third-order valence-electron chi connectivity index (χ3n) is 2.73. The van der Waals surface area contributed by atoms with E-state index in [-0.39, 0.29) is 5.79 Å². The largest absolute Gasteiger partial charge is 0.351 e. The van der Waals surface area contributed by atoms with Gasteiger partial charge in [-0.3, -0.25) is 4.90 Å². The quantitative estimate of drug-likeness (QED) is 0.795. The average molecular weight is 292 g/mol. The molecule has 1 aromatic heterocycles. The Hall–Kier alpha value is 0.0600. The van der Waals surface area contributed by atoms with Crippen LogP contribution < -0.4 is 0 Å². The van der Waals surface area contributed by atoms with E-state index in [9.17, 15) is 0 Å². The van der Waals surface area contributed by atoms with Crippen molar-refractivity contribution in [2.75, 3.05) is 27.3 Å². The molecular weight excluding hydrogens is 278 g/mol. The number of hydrogen-bond donors (Lipinski definition) is 0. The Morgan fingerprint density at radius 3 is 2.60 bits per heavy atom. The van der Waals surface area contributed by atoms with Crippen LogP contribution in [-0.2, 0) is 16.0 Å². The van der Waals surface area contributed by atoms with Gasteiger partial charge in [0.2, 0.25) is 0 Å². The molecule has 0 spiro atoms. The lowest BCUT2D eigenvalue weighted by Gasteiger charge is -2.47. The molecule has 0 atom stereocenters. The molecule has 1 fully saturated rings. The second-order valence-corrected chi connectivity index (χ2v) is 5.51. The molecule has 5 heteroatoms. The Labute approximate surface area is 102 Å². The molecule has 0 aliphatic carbocycles. The summed E-state index contributed by atoms with van der Waals surface area (Å²) in [6, 6.07) is 2.08. The zero-order valence-corrected chi connectivity index (χ0v) is 11.2. The van der Waals surface area contributed by atoms with Crippen LogP contribution in [-0.4, -0.2) is 38.0 Å². The smallest absolute Gasteiger partial charge is 0.193 e. The van der Waals surface area contributed by atoms with Crippen molar-refractivity contribution in [1.29, 1.82) is 0 Å². The molecular formula is C10H14BrNO2S. The summed E-state index contributed by atoms with van der Waals surface area (Å²) < 4.78 is 11.9. The van der Waals surface area contributed by atoms with Crippen LogP contribution in [0.4, 0.5) is 0 Å². The number of halogens is 1. The van der Waals surface area contributed by atoms with Gasteiger partial charge in [0.1, 0.15) is 0 Å². The summed E-state index contributed by atoms with van der Waals surface area (Å²) >= 11 is 5.30. The van der Waals surface area contributed by atoms with E-state index in [4.69, 9.17) is 9.47 Å². The first-order valence-electron chi connectivity index (χ1n) is 4.73. The summed E-state index contributed by atoms with van der Waals surface area (Å²) in [6.45, 7) is 2.64. The van der Waals surface area contributed by atoms with Gasteiger partial charge >= 0.3 is 0 Å². The first-order chi connectivity index (χ1) is 7.19. The second-order valence-electron chi connectivity index (χ2n) is 3.66. The molecule has 0 unspecified atom stereocenters. The Morgan fingerprint density at radius 2 is 2.13 bits per heavy atom. The monoisotopic (exact) mass is 291 g/mol. The van der Waals surface area contributed by atoms with Crippen LogP contribution in [0, 0.1) is 0 Å². The van der Waals surface area contributed by atoms with Gasteiger partial charge in [0, 0.05) is 30.1 Å². The van der Waals surface area contributed by atoms with Crippen LogP contribution >= 0.6 is 27.3 Å². The fraction of sp³-hybridized carbons (Fsp3) is 0.600. The highest BCUT2D eigenvalue weighted by Gasteiger charge is 2.43. The number of likely N-dealkylation sites (tertiary alicyclic amines) is 1. The predicted molar refractivity (Wildman–Crippen MR) is 64.0 cm³/mol. The molecule has 84 valence electrons. The molecule has 3 nitrogen and oxygen atoms in total. The van der Waals surface area contributed by atoms with E-state index < -0.39 is 0 Å². The van der Waals surface area contributed by atoms with Crippen LogP contribution in [0.2, 0.25) is 0 Å². The van der Waals surface area contributed by atoms with Crippen molar-refractivity contribution in [2.24, 2.45) is 0 Å². The lowest BCUT2D eigenvalue weighted by atomic mass is 10.1. The van der Waals surface area contributed by atoms with Gasteiger partial charge in [-0.25, -0.2) is 0 Å². The molecule has 0 bridgehead atoms. The zero-order valence-electron chi connectivity index (χ0n) is 8.83. The Kier molecular flexibility index (Phi) is 3.47. The van der Waals surface area contributed by atoms with Gasteiger partial charge in [0.15, 0.2) is 5.79 Å². The van der Waals surface area contributed by atoms with Gasteiger partial charge in [0.25, 0.3) is 0 Å². The van der Waals surface area contributed by atoms with Gasteiger partial charge in [-0.1, -0.05) is 0 Å². The van der Waals surface area contributed by atoms with Crippen molar-refractivity contribution in [1.82, 2.24) is 4.90 Å². The topological polar surface area (TPSA) is 21.7 Å². The highest BCUT2D eigenvalue weighted by atomic mass is 79.9. The molecule has 1 saturated heterocycles. The van der Waals surface area contributed by atoms with Crippen LogP contribution in [0.3, 0.4) is 0 Å². The van der Waals surface area contributed by atoms with E-state index in [0.717, 1.165) is 19.6 Å². The second kappa shape index (κ2) is 4.51. The van der Waals surface area contributed by atoms with Crippen molar-refractivity contribution in [3.63, 3.8) is 0 Å². The van der Waals surface area contributed by atoms with Gasteiger partial charge < -0.3 is 9.47 Å². The van der Waals surface area contributed by atoms with E-state index >= 15 is 0 Å². The molecule has 15 heavy (non-hydrogen) atoms. The maximum Gasteiger partial charge on any atom is 0.193 e. The molecule has 1 aliphatic heterocycles. The molecule has 0 radical (unpaired) electrons.